The van der Waals surface area contributed by atoms with Gasteiger partial charge in [0.05, 0.1) is 23.4 Å². The highest BCUT2D eigenvalue weighted by molar-refractivity contribution is 6.33. The lowest BCUT2D eigenvalue weighted by atomic mass is 10.2. The summed E-state index contributed by atoms with van der Waals surface area (Å²) in [7, 11) is 1.55. The van der Waals surface area contributed by atoms with Crippen molar-refractivity contribution in [3.63, 3.8) is 0 Å². The molecule has 1 aromatic heterocycles. The Morgan fingerprint density at radius 3 is 2.79 bits per heavy atom. The van der Waals surface area contributed by atoms with Gasteiger partial charge in [0.25, 0.3) is 0 Å². The van der Waals surface area contributed by atoms with Crippen molar-refractivity contribution in [1.82, 2.24) is 4.98 Å². The number of carbonyl (C=O) groups is 1. The first-order valence-electron chi connectivity index (χ1n) is 5.61. The number of methoxy groups -OCH3 is 1. The maximum atomic E-state index is 11.0. The maximum absolute atomic E-state index is 11.0. The summed E-state index contributed by atoms with van der Waals surface area (Å²) in [6.07, 6.45) is 0.677. The SMILES string of the molecule is COc1cccc(COc2cccc(Cl)c2C=O)n1. The fourth-order valence-electron chi connectivity index (χ4n) is 1.56. The van der Waals surface area contributed by atoms with E-state index in [1.54, 1.807) is 31.4 Å². The Hall–Kier alpha value is -2.07. The minimum atomic E-state index is 0.235. The highest BCUT2D eigenvalue weighted by Gasteiger charge is 2.07. The molecule has 0 amide bonds. The van der Waals surface area contributed by atoms with Crippen molar-refractivity contribution < 1.29 is 14.3 Å². The van der Waals surface area contributed by atoms with E-state index in [4.69, 9.17) is 21.1 Å². The van der Waals surface area contributed by atoms with E-state index in [2.05, 4.69) is 4.98 Å². The van der Waals surface area contributed by atoms with Crippen LogP contribution < -0.4 is 9.47 Å². The highest BCUT2D eigenvalue weighted by Crippen LogP contribution is 2.25. The van der Waals surface area contributed by atoms with Crippen LogP contribution in [-0.2, 0) is 6.61 Å². The normalized spacial score (nSPS) is 10.0. The van der Waals surface area contributed by atoms with Crippen molar-refractivity contribution in [2.45, 2.75) is 6.61 Å². The van der Waals surface area contributed by atoms with Crippen molar-refractivity contribution in [3.05, 3.63) is 52.7 Å². The van der Waals surface area contributed by atoms with Crippen LogP contribution in [0.25, 0.3) is 0 Å². The summed E-state index contributed by atoms with van der Waals surface area (Å²) in [5, 5.41) is 0.367. The number of ether oxygens (including phenoxy) is 2. The molecule has 2 aromatic rings. The largest absolute Gasteiger partial charge is 0.486 e. The second-order valence-corrected chi connectivity index (χ2v) is 4.14. The second kappa shape index (κ2) is 6.20. The van der Waals surface area contributed by atoms with Gasteiger partial charge in [-0.15, -0.1) is 0 Å². The molecule has 0 aliphatic rings. The van der Waals surface area contributed by atoms with Gasteiger partial charge in [-0.3, -0.25) is 4.79 Å². The van der Waals surface area contributed by atoms with Gasteiger partial charge in [0, 0.05) is 6.07 Å². The molecule has 0 N–H and O–H groups in total. The first-order valence-corrected chi connectivity index (χ1v) is 5.99. The van der Waals surface area contributed by atoms with Crippen molar-refractivity contribution in [2.75, 3.05) is 7.11 Å². The fraction of sp³-hybridized carbons (Fsp3) is 0.143. The van der Waals surface area contributed by atoms with Crippen molar-refractivity contribution in [3.8, 4) is 11.6 Å². The lowest BCUT2D eigenvalue weighted by molar-refractivity contribution is 0.111. The predicted molar refractivity (Wildman–Crippen MR) is 72.0 cm³/mol. The summed E-state index contributed by atoms with van der Waals surface area (Å²) < 4.78 is 10.6. The molecule has 0 saturated heterocycles. The van der Waals surface area contributed by atoms with Crippen LogP contribution in [0.3, 0.4) is 0 Å². The Morgan fingerprint density at radius 1 is 1.26 bits per heavy atom. The van der Waals surface area contributed by atoms with Crippen LogP contribution in [0.1, 0.15) is 16.1 Å². The summed E-state index contributed by atoms with van der Waals surface area (Å²) in [6.45, 7) is 0.235. The molecule has 0 aliphatic heterocycles. The summed E-state index contributed by atoms with van der Waals surface area (Å²) in [4.78, 5) is 15.2. The van der Waals surface area contributed by atoms with E-state index in [0.29, 0.717) is 34.2 Å². The summed E-state index contributed by atoms with van der Waals surface area (Å²) in [5.41, 5.74) is 1.04. The average molecular weight is 278 g/mol. The molecule has 0 fully saturated rings. The van der Waals surface area contributed by atoms with Crippen molar-refractivity contribution in [1.29, 1.82) is 0 Å². The van der Waals surface area contributed by atoms with Gasteiger partial charge in [0.2, 0.25) is 5.88 Å². The Balaban J connectivity index is 2.14. The first kappa shape index (κ1) is 13.4. The van der Waals surface area contributed by atoms with Gasteiger partial charge in [-0.25, -0.2) is 4.98 Å². The van der Waals surface area contributed by atoms with E-state index < -0.39 is 0 Å². The van der Waals surface area contributed by atoms with Crippen molar-refractivity contribution in [2.24, 2.45) is 0 Å². The number of aldehydes is 1. The quantitative estimate of drug-likeness (QED) is 0.788. The molecule has 1 heterocycles. The molecule has 98 valence electrons. The number of benzene rings is 1. The third kappa shape index (κ3) is 3.23. The van der Waals surface area contributed by atoms with Crippen LogP contribution in [0.5, 0.6) is 11.6 Å². The Labute approximate surface area is 115 Å². The van der Waals surface area contributed by atoms with Crippen LogP contribution in [0.4, 0.5) is 0 Å². The molecule has 2 rings (SSSR count). The van der Waals surface area contributed by atoms with E-state index in [0.717, 1.165) is 0 Å². The molecule has 4 nitrogen and oxygen atoms in total. The van der Waals surface area contributed by atoms with E-state index in [1.165, 1.54) is 0 Å². The molecule has 0 bridgehead atoms. The minimum Gasteiger partial charge on any atom is -0.486 e. The van der Waals surface area contributed by atoms with Gasteiger partial charge in [-0.1, -0.05) is 23.7 Å². The molecule has 1 aromatic carbocycles. The van der Waals surface area contributed by atoms with Gasteiger partial charge in [0.15, 0.2) is 6.29 Å². The number of nitrogens with zero attached hydrogens (tertiary/aromatic N) is 1. The zero-order chi connectivity index (χ0) is 13.7. The van der Waals surface area contributed by atoms with Gasteiger partial charge < -0.3 is 9.47 Å². The number of hydrogen-bond donors (Lipinski definition) is 0. The Bertz CT molecular complexity index is 587. The van der Waals surface area contributed by atoms with Crippen LogP contribution in [-0.4, -0.2) is 18.4 Å². The van der Waals surface area contributed by atoms with E-state index in [-0.39, 0.29) is 6.61 Å². The maximum Gasteiger partial charge on any atom is 0.213 e. The van der Waals surface area contributed by atoms with Gasteiger partial charge in [0.1, 0.15) is 12.4 Å². The second-order valence-electron chi connectivity index (χ2n) is 3.73. The number of carbonyl (C=O) groups excluding carboxylic acids is 1. The number of halogens is 1. The molecule has 0 radical (unpaired) electrons. The van der Waals surface area contributed by atoms with Gasteiger partial charge >= 0.3 is 0 Å². The molecule has 0 atom stereocenters. The number of hydrogen-bond acceptors (Lipinski definition) is 4. The molecule has 0 aliphatic carbocycles. The van der Waals surface area contributed by atoms with Gasteiger partial charge in [-0.2, -0.15) is 0 Å². The monoisotopic (exact) mass is 277 g/mol. The molecule has 0 unspecified atom stereocenters. The summed E-state index contributed by atoms with van der Waals surface area (Å²) >= 11 is 5.91. The Morgan fingerprint density at radius 2 is 2.05 bits per heavy atom. The number of rotatable bonds is 5. The summed E-state index contributed by atoms with van der Waals surface area (Å²) in [6, 6.07) is 10.4. The molecule has 0 saturated carbocycles. The summed E-state index contributed by atoms with van der Waals surface area (Å²) in [5.74, 6) is 0.954. The average Bonchev–Trinajstić information content (AvgIpc) is 2.45. The first-order chi connectivity index (χ1) is 9.24. The van der Waals surface area contributed by atoms with Crippen LogP contribution >= 0.6 is 11.6 Å². The van der Waals surface area contributed by atoms with Crippen LogP contribution in [0, 0.1) is 0 Å². The lowest BCUT2D eigenvalue weighted by Gasteiger charge is -2.09. The van der Waals surface area contributed by atoms with Crippen LogP contribution in [0.15, 0.2) is 36.4 Å². The molecule has 19 heavy (non-hydrogen) atoms. The lowest BCUT2D eigenvalue weighted by Crippen LogP contribution is -2.01. The molecular weight excluding hydrogens is 266 g/mol. The topological polar surface area (TPSA) is 48.4 Å². The zero-order valence-corrected chi connectivity index (χ0v) is 11.1. The number of pyridine rings is 1. The minimum absolute atomic E-state index is 0.235. The molecular formula is C14H12ClNO3. The third-order valence-corrected chi connectivity index (χ3v) is 2.83. The third-order valence-electron chi connectivity index (χ3n) is 2.50. The Kier molecular flexibility index (Phi) is 4.36. The number of aromatic nitrogens is 1. The van der Waals surface area contributed by atoms with E-state index >= 15 is 0 Å². The smallest absolute Gasteiger partial charge is 0.213 e. The fourth-order valence-corrected chi connectivity index (χ4v) is 1.77. The van der Waals surface area contributed by atoms with Crippen LogP contribution in [0.2, 0.25) is 5.02 Å². The highest BCUT2D eigenvalue weighted by atomic mass is 35.5. The van der Waals surface area contributed by atoms with Gasteiger partial charge in [-0.05, 0) is 18.2 Å². The predicted octanol–water partition coefficient (Wildman–Crippen LogP) is 3.14. The standard InChI is InChI=1S/C14H12ClNO3/c1-18-14-7-2-4-10(16-14)9-19-13-6-3-5-12(15)11(13)8-17/h2-8H,9H2,1H3. The van der Waals surface area contributed by atoms with E-state index in [9.17, 15) is 4.79 Å². The van der Waals surface area contributed by atoms with Crippen molar-refractivity contribution >= 4 is 17.9 Å². The zero-order valence-electron chi connectivity index (χ0n) is 10.3. The van der Waals surface area contributed by atoms with E-state index in [1.807, 2.05) is 12.1 Å². The molecule has 0 spiro atoms. The molecule has 5 heteroatoms.